The average Bonchev–Trinajstić information content (AvgIpc) is 3.11. The lowest BCUT2D eigenvalue weighted by molar-refractivity contribution is 0.520. The van der Waals surface area contributed by atoms with Crippen molar-refractivity contribution in [2.24, 2.45) is 0 Å². The summed E-state index contributed by atoms with van der Waals surface area (Å²) in [4.78, 5) is 0. The Kier molecular flexibility index (Phi) is 3.39. The van der Waals surface area contributed by atoms with Crippen molar-refractivity contribution < 1.29 is 4.42 Å². The second kappa shape index (κ2) is 5.35. The van der Waals surface area contributed by atoms with Crippen LogP contribution in [0.15, 0.2) is 59.3 Å². The van der Waals surface area contributed by atoms with Crippen molar-refractivity contribution in [2.45, 2.75) is 13.0 Å². The summed E-state index contributed by atoms with van der Waals surface area (Å²) in [6.07, 6.45) is 3.54. The third kappa shape index (κ3) is 2.14. The lowest BCUT2D eigenvalue weighted by Gasteiger charge is -2.17. The fourth-order valence-corrected chi connectivity index (χ4v) is 2.47. The van der Waals surface area contributed by atoms with Crippen molar-refractivity contribution in [3.63, 3.8) is 0 Å². The Labute approximate surface area is 118 Å². The largest absolute Gasteiger partial charge is 0.469 e. The number of para-hydroxylation sites is 1. The molecule has 2 heterocycles. The molecule has 1 aromatic carbocycles. The maximum absolute atomic E-state index is 5.42. The number of rotatable bonds is 4. The average molecular weight is 267 g/mol. The van der Waals surface area contributed by atoms with Crippen LogP contribution in [-0.4, -0.2) is 16.8 Å². The Morgan fingerprint density at radius 1 is 1.15 bits per heavy atom. The number of aromatic nitrogens is 2. The van der Waals surface area contributed by atoms with Gasteiger partial charge < -0.3 is 9.73 Å². The first kappa shape index (κ1) is 12.7. The third-order valence-electron chi connectivity index (χ3n) is 3.47. The van der Waals surface area contributed by atoms with Crippen molar-refractivity contribution in [2.75, 3.05) is 7.05 Å². The smallest absolute Gasteiger partial charge is 0.105 e. The minimum atomic E-state index is 0.0523. The van der Waals surface area contributed by atoms with Gasteiger partial charge in [0, 0.05) is 11.8 Å². The number of aryl methyl sites for hydroxylation is 1. The van der Waals surface area contributed by atoms with E-state index in [1.807, 2.05) is 67.3 Å². The van der Waals surface area contributed by atoms with E-state index >= 15 is 0 Å². The number of nitrogens with zero attached hydrogens (tertiary/aromatic N) is 2. The van der Waals surface area contributed by atoms with Crippen LogP contribution in [0.4, 0.5) is 0 Å². The summed E-state index contributed by atoms with van der Waals surface area (Å²) in [7, 11) is 1.94. The van der Waals surface area contributed by atoms with Gasteiger partial charge in [-0.2, -0.15) is 5.10 Å². The van der Waals surface area contributed by atoms with Gasteiger partial charge in [0.05, 0.1) is 23.7 Å². The molecule has 0 bridgehead atoms. The zero-order chi connectivity index (χ0) is 13.9. The predicted octanol–water partition coefficient (Wildman–Crippen LogP) is 3.08. The molecule has 0 aliphatic carbocycles. The summed E-state index contributed by atoms with van der Waals surface area (Å²) in [6, 6.07) is 14.2. The molecule has 1 N–H and O–H groups in total. The molecule has 0 fully saturated rings. The van der Waals surface area contributed by atoms with Crippen LogP contribution in [0.3, 0.4) is 0 Å². The Morgan fingerprint density at radius 3 is 2.60 bits per heavy atom. The minimum Gasteiger partial charge on any atom is -0.469 e. The standard InChI is InChI=1S/C16H17N3O/c1-12-14(9-11-20-12)16(17-2)15-8-10-18-19(15)13-6-4-3-5-7-13/h3-11,16-17H,1-2H3. The minimum absolute atomic E-state index is 0.0523. The van der Waals surface area contributed by atoms with Crippen LogP contribution in [0.5, 0.6) is 0 Å². The highest BCUT2D eigenvalue weighted by molar-refractivity contribution is 5.36. The fraction of sp³-hybridized carbons (Fsp3) is 0.188. The van der Waals surface area contributed by atoms with Gasteiger partial charge >= 0.3 is 0 Å². The molecule has 0 amide bonds. The van der Waals surface area contributed by atoms with E-state index in [2.05, 4.69) is 10.4 Å². The van der Waals surface area contributed by atoms with Gasteiger partial charge in [-0.1, -0.05) is 18.2 Å². The second-order valence-corrected chi connectivity index (χ2v) is 4.66. The molecule has 3 rings (SSSR count). The molecule has 1 unspecified atom stereocenters. The second-order valence-electron chi connectivity index (χ2n) is 4.66. The normalized spacial score (nSPS) is 12.5. The summed E-state index contributed by atoms with van der Waals surface area (Å²) in [5.74, 6) is 0.921. The highest BCUT2D eigenvalue weighted by atomic mass is 16.3. The van der Waals surface area contributed by atoms with Gasteiger partial charge in [-0.3, -0.25) is 0 Å². The molecule has 0 aliphatic heterocycles. The van der Waals surface area contributed by atoms with E-state index < -0.39 is 0 Å². The van der Waals surface area contributed by atoms with Crippen molar-refractivity contribution in [1.82, 2.24) is 15.1 Å². The lowest BCUT2D eigenvalue weighted by atomic mass is 10.0. The van der Waals surface area contributed by atoms with E-state index in [-0.39, 0.29) is 6.04 Å². The van der Waals surface area contributed by atoms with Crippen molar-refractivity contribution in [1.29, 1.82) is 0 Å². The molecular weight excluding hydrogens is 250 g/mol. The molecule has 0 aliphatic rings. The van der Waals surface area contributed by atoms with Crippen LogP contribution in [0.1, 0.15) is 23.1 Å². The van der Waals surface area contributed by atoms with Gasteiger partial charge in [-0.25, -0.2) is 4.68 Å². The number of furan rings is 1. The third-order valence-corrected chi connectivity index (χ3v) is 3.47. The summed E-state index contributed by atoms with van der Waals surface area (Å²) >= 11 is 0. The highest BCUT2D eigenvalue weighted by Gasteiger charge is 2.20. The van der Waals surface area contributed by atoms with Gasteiger partial charge in [0.2, 0.25) is 0 Å². The molecule has 4 heteroatoms. The monoisotopic (exact) mass is 267 g/mol. The Bertz CT molecular complexity index is 685. The molecular formula is C16H17N3O. The summed E-state index contributed by atoms with van der Waals surface area (Å²) in [5, 5.41) is 7.78. The fourth-order valence-electron chi connectivity index (χ4n) is 2.47. The summed E-state index contributed by atoms with van der Waals surface area (Å²) < 4.78 is 7.37. The summed E-state index contributed by atoms with van der Waals surface area (Å²) in [6.45, 7) is 1.98. The summed E-state index contributed by atoms with van der Waals surface area (Å²) in [5.41, 5.74) is 3.27. The van der Waals surface area contributed by atoms with Crippen LogP contribution in [-0.2, 0) is 0 Å². The number of nitrogens with one attached hydrogen (secondary N) is 1. The first-order valence-corrected chi connectivity index (χ1v) is 6.62. The van der Waals surface area contributed by atoms with Gasteiger partial charge in [0.1, 0.15) is 5.76 Å². The molecule has 3 aromatic rings. The SMILES string of the molecule is CNC(c1ccoc1C)c1ccnn1-c1ccccc1. The molecule has 0 radical (unpaired) electrons. The Morgan fingerprint density at radius 2 is 1.95 bits per heavy atom. The van der Waals surface area contributed by atoms with Gasteiger partial charge in [0.25, 0.3) is 0 Å². The maximum atomic E-state index is 5.42. The molecule has 4 nitrogen and oxygen atoms in total. The van der Waals surface area contributed by atoms with Gasteiger partial charge in [-0.15, -0.1) is 0 Å². The van der Waals surface area contributed by atoms with E-state index in [0.29, 0.717) is 0 Å². The number of hydrogen-bond acceptors (Lipinski definition) is 3. The van der Waals surface area contributed by atoms with Crippen LogP contribution < -0.4 is 5.32 Å². The van der Waals surface area contributed by atoms with Crippen molar-refractivity contribution >= 4 is 0 Å². The van der Waals surface area contributed by atoms with Crippen LogP contribution in [0, 0.1) is 6.92 Å². The first-order chi connectivity index (χ1) is 9.81. The molecule has 2 aromatic heterocycles. The van der Waals surface area contributed by atoms with Crippen LogP contribution in [0.2, 0.25) is 0 Å². The lowest BCUT2D eigenvalue weighted by Crippen LogP contribution is -2.21. The topological polar surface area (TPSA) is 43.0 Å². The highest BCUT2D eigenvalue weighted by Crippen LogP contribution is 2.26. The molecule has 20 heavy (non-hydrogen) atoms. The maximum Gasteiger partial charge on any atom is 0.105 e. The van der Waals surface area contributed by atoms with Crippen LogP contribution in [0.25, 0.3) is 5.69 Å². The first-order valence-electron chi connectivity index (χ1n) is 6.62. The Hall–Kier alpha value is -2.33. The molecule has 102 valence electrons. The van der Waals surface area contributed by atoms with E-state index in [0.717, 1.165) is 22.7 Å². The van der Waals surface area contributed by atoms with Crippen LogP contribution >= 0.6 is 0 Å². The van der Waals surface area contributed by atoms with Gasteiger partial charge in [0.15, 0.2) is 0 Å². The zero-order valence-corrected chi connectivity index (χ0v) is 11.6. The number of hydrogen-bond donors (Lipinski definition) is 1. The van der Waals surface area contributed by atoms with E-state index in [4.69, 9.17) is 4.42 Å². The van der Waals surface area contributed by atoms with E-state index in [1.54, 1.807) is 6.26 Å². The molecule has 0 spiro atoms. The predicted molar refractivity (Wildman–Crippen MR) is 77.9 cm³/mol. The zero-order valence-electron chi connectivity index (χ0n) is 11.6. The molecule has 0 saturated heterocycles. The number of benzene rings is 1. The van der Waals surface area contributed by atoms with E-state index in [1.165, 1.54) is 0 Å². The quantitative estimate of drug-likeness (QED) is 0.790. The molecule has 0 saturated carbocycles. The van der Waals surface area contributed by atoms with Crippen molar-refractivity contribution in [3.8, 4) is 5.69 Å². The van der Waals surface area contributed by atoms with E-state index in [9.17, 15) is 0 Å². The van der Waals surface area contributed by atoms with Gasteiger partial charge in [-0.05, 0) is 38.2 Å². The Balaban J connectivity index is 2.07. The molecule has 1 atom stereocenters. The van der Waals surface area contributed by atoms with Crippen molar-refractivity contribution in [3.05, 3.63) is 71.9 Å².